The van der Waals surface area contributed by atoms with E-state index >= 15 is 0 Å². The number of nitrogens with zero attached hydrogens (tertiary/aromatic N) is 1. The van der Waals surface area contributed by atoms with Gasteiger partial charge in [-0.3, -0.25) is 0 Å². The molecular formula is C14H18NOSW-. The first-order chi connectivity index (χ1) is 8.56. The number of benzene rings is 1. The third-order valence-electron chi connectivity index (χ3n) is 3.97. The molecule has 18 heavy (non-hydrogen) atoms. The summed E-state index contributed by atoms with van der Waals surface area (Å²) in [6.07, 6.45) is 1.62. The van der Waals surface area contributed by atoms with Crippen molar-refractivity contribution in [3.05, 3.63) is 29.3 Å². The molecule has 4 heteroatoms. The number of likely N-dealkylation sites (N-methyl/N-ethyl adjacent to an activating group) is 1. The summed E-state index contributed by atoms with van der Waals surface area (Å²) in [5.41, 5.74) is 2.35. The molecule has 0 amide bonds. The summed E-state index contributed by atoms with van der Waals surface area (Å²) in [4.78, 5) is 2.29. The molecule has 98 valence electrons. The fraction of sp³-hybridized carbons (Fsp3) is 0.571. The van der Waals surface area contributed by atoms with Crippen LogP contribution in [-0.4, -0.2) is 31.6 Å². The van der Waals surface area contributed by atoms with Crippen LogP contribution in [0.2, 0.25) is 0 Å². The molecule has 1 aromatic rings. The first kappa shape index (κ1) is 13.0. The molecular weight excluding hydrogens is 414 g/mol. The smallest absolute Gasteiger partial charge is 0.0743 e. The third kappa shape index (κ3) is 2.26. The fourth-order valence-electron chi connectivity index (χ4n) is 2.87. The van der Waals surface area contributed by atoms with Gasteiger partial charge in [-0.2, -0.15) is 18.7 Å². The van der Waals surface area contributed by atoms with Crippen LogP contribution in [-0.2, 0) is 32.2 Å². The zero-order chi connectivity index (χ0) is 12.9. The summed E-state index contributed by atoms with van der Waals surface area (Å²) in [7, 11) is 3.76. The molecule has 1 aliphatic heterocycles. The Morgan fingerprint density at radius 1 is 1.61 bits per heavy atom. The number of piperidine rings is 1. The van der Waals surface area contributed by atoms with Crippen molar-refractivity contribution in [3.8, 4) is 5.75 Å². The van der Waals surface area contributed by atoms with Crippen molar-refractivity contribution in [1.82, 2.24) is 4.90 Å². The van der Waals surface area contributed by atoms with E-state index in [1.54, 1.807) is 7.11 Å². The van der Waals surface area contributed by atoms with E-state index in [0.29, 0.717) is 0 Å². The number of ether oxygens (including phenoxy) is 1. The number of rotatable bonds is 1. The first-order valence-corrected chi connectivity index (χ1v) is 6.45. The van der Waals surface area contributed by atoms with E-state index in [-0.39, 0.29) is 38.3 Å². The number of likely N-dealkylation sites (tertiary alicyclic amines) is 1. The largest absolute Gasteiger partial charge is 0.523 e. The number of methoxy groups -OCH3 is 1. The SMILES string of the molecule is [3H]C1[C@@H]2Cc3ccc(OC)[c-]c3[C@@]1(S)CCN2C.[W]. The number of thiol groups is 1. The second kappa shape index (κ2) is 5.19. The van der Waals surface area contributed by atoms with E-state index in [9.17, 15) is 0 Å². The van der Waals surface area contributed by atoms with Crippen LogP contribution in [0, 0.1) is 6.07 Å². The van der Waals surface area contributed by atoms with Crippen LogP contribution in [0.15, 0.2) is 12.1 Å². The van der Waals surface area contributed by atoms with Gasteiger partial charge in [-0.05, 0) is 26.4 Å². The van der Waals surface area contributed by atoms with Gasteiger partial charge >= 0.3 is 0 Å². The van der Waals surface area contributed by atoms with Crippen LogP contribution in [0.1, 0.15) is 25.3 Å². The predicted octanol–water partition coefficient (Wildman–Crippen LogP) is 2.27. The molecule has 0 radical (unpaired) electrons. The zero-order valence-electron chi connectivity index (χ0n) is 11.6. The van der Waals surface area contributed by atoms with Gasteiger partial charge in [0.1, 0.15) is 0 Å². The van der Waals surface area contributed by atoms with Crippen LogP contribution in [0.4, 0.5) is 0 Å². The Kier molecular flexibility index (Phi) is 3.75. The molecule has 0 aromatic heterocycles. The van der Waals surface area contributed by atoms with E-state index in [1.807, 2.05) is 6.07 Å². The van der Waals surface area contributed by atoms with Crippen molar-refractivity contribution in [2.75, 3.05) is 20.7 Å². The second-order valence-electron chi connectivity index (χ2n) is 5.02. The zero-order valence-corrected chi connectivity index (χ0v) is 14.5. The molecule has 3 atom stereocenters. The van der Waals surface area contributed by atoms with Crippen molar-refractivity contribution in [2.24, 2.45) is 0 Å². The van der Waals surface area contributed by atoms with Crippen molar-refractivity contribution >= 4 is 12.6 Å². The minimum absolute atomic E-state index is 0. The van der Waals surface area contributed by atoms with Crippen LogP contribution in [0.5, 0.6) is 5.75 Å². The van der Waals surface area contributed by atoms with Gasteiger partial charge in [0.05, 0.1) is 7.11 Å². The quantitative estimate of drug-likeness (QED) is 0.538. The fourth-order valence-corrected chi connectivity index (χ4v) is 3.34. The van der Waals surface area contributed by atoms with E-state index < -0.39 is 0 Å². The van der Waals surface area contributed by atoms with Crippen LogP contribution < -0.4 is 4.74 Å². The molecule has 2 bridgehead atoms. The maximum Gasteiger partial charge on any atom is 0.0743 e. The van der Waals surface area contributed by atoms with Crippen LogP contribution >= 0.6 is 12.6 Å². The summed E-state index contributed by atoms with van der Waals surface area (Å²) in [6.45, 7) is 0.994. The van der Waals surface area contributed by atoms with Gasteiger partial charge in [0.25, 0.3) is 0 Å². The molecule has 2 nitrogen and oxygen atoms in total. The molecule has 1 fully saturated rings. The molecule has 1 aliphatic carbocycles. The van der Waals surface area contributed by atoms with Gasteiger partial charge in [-0.25, -0.2) is 0 Å². The van der Waals surface area contributed by atoms with Gasteiger partial charge in [0.15, 0.2) is 0 Å². The Balaban J connectivity index is 0.00000133. The Hall–Kier alpha value is 0.0183. The number of hydrogen-bond acceptors (Lipinski definition) is 3. The minimum atomic E-state index is -0.376. The molecule has 0 spiro atoms. The van der Waals surface area contributed by atoms with E-state index in [0.717, 1.165) is 30.7 Å². The van der Waals surface area contributed by atoms with Gasteiger partial charge in [0, 0.05) is 39.0 Å². The Labute approximate surface area is 130 Å². The molecule has 1 aromatic carbocycles. The van der Waals surface area contributed by atoms with Gasteiger partial charge in [-0.15, -0.1) is 23.3 Å². The van der Waals surface area contributed by atoms with Crippen LogP contribution in [0.25, 0.3) is 0 Å². The number of hydrogen-bond donors (Lipinski definition) is 1. The van der Waals surface area contributed by atoms with E-state index in [2.05, 4.69) is 24.1 Å². The van der Waals surface area contributed by atoms with Gasteiger partial charge in [0.2, 0.25) is 0 Å². The molecule has 3 rings (SSSR count). The maximum absolute atomic E-state index is 8.49. The topological polar surface area (TPSA) is 12.5 Å². The molecule has 0 saturated carbocycles. The normalized spacial score (nSPS) is 35.2. The van der Waals surface area contributed by atoms with E-state index in [1.165, 1.54) is 5.56 Å². The molecule has 2 aliphatic rings. The minimum Gasteiger partial charge on any atom is -0.523 e. The monoisotopic (exact) mass is 434 g/mol. The molecule has 1 saturated heterocycles. The average Bonchev–Trinajstić information content (AvgIpc) is 2.38. The first-order valence-electron chi connectivity index (χ1n) is 6.58. The van der Waals surface area contributed by atoms with Gasteiger partial charge < -0.3 is 9.64 Å². The van der Waals surface area contributed by atoms with Crippen molar-refractivity contribution in [3.63, 3.8) is 0 Å². The summed E-state index contributed by atoms with van der Waals surface area (Å²) >= 11 is 4.86. The Bertz CT molecular complexity index is 487. The van der Waals surface area contributed by atoms with Crippen molar-refractivity contribution in [1.29, 1.82) is 0 Å². The summed E-state index contributed by atoms with van der Waals surface area (Å²) in [5.74, 6) is 0.742. The Morgan fingerprint density at radius 2 is 2.39 bits per heavy atom. The maximum atomic E-state index is 8.49. The molecule has 1 heterocycles. The van der Waals surface area contributed by atoms with E-state index in [4.69, 9.17) is 18.7 Å². The second-order valence-corrected chi connectivity index (χ2v) is 5.82. The summed E-state index contributed by atoms with van der Waals surface area (Å²) in [5, 5.41) is 0. The Morgan fingerprint density at radius 3 is 3.11 bits per heavy atom. The summed E-state index contributed by atoms with van der Waals surface area (Å²) < 4.78 is 13.4. The number of fused-ring (bicyclic) bond motifs is 4. The average molecular weight is 434 g/mol. The van der Waals surface area contributed by atoms with Gasteiger partial charge in [-0.1, -0.05) is 6.42 Å². The van der Waals surface area contributed by atoms with Crippen molar-refractivity contribution in [2.45, 2.75) is 30.0 Å². The molecule has 1 unspecified atom stereocenters. The summed E-state index contributed by atoms with van der Waals surface area (Å²) in [6, 6.07) is 7.65. The third-order valence-corrected chi connectivity index (χ3v) is 4.56. The van der Waals surface area contributed by atoms with Crippen molar-refractivity contribution < 1.29 is 27.2 Å². The predicted molar refractivity (Wildman–Crippen MR) is 71.9 cm³/mol. The van der Waals surface area contributed by atoms with Crippen LogP contribution in [0.3, 0.4) is 0 Å². The molecule has 0 N–H and O–H groups in total. The standard InChI is InChI=1S/C14H18NOS.W/c1-15-6-5-14(17)9-11(15)7-10-3-4-12(16-2)8-13(10)14;/h3-4,11,17H,5-7,9H2,1-2H3;/q-1;/t11-,14+;/m0./s1/i9T;/t9?,11-,14+;.